The first kappa shape index (κ1) is 24.2. The zero-order chi connectivity index (χ0) is 24.1. The minimum Gasteiger partial charge on any atom is -0.495 e. The molecule has 0 atom stereocenters. The van der Waals surface area contributed by atoms with Crippen LogP contribution in [0.15, 0.2) is 42.6 Å². The van der Waals surface area contributed by atoms with Crippen LogP contribution < -0.4 is 15.4 Å². The quantitative estimate of drug-likeness (QED) is 0.351. The summed E-state index contributed by atoms with van der Waals surface area (Å²) < 4.78 is 10.6. The van der Waals surface area contributed by atoms with Gasteiger partial charge in [-0.2, -0.15) is 0 Å². The number of ether oxygens (including phenoxy) is 2. The molecule has 0 aliphatic rings. The molecule has 0 fully saturated rings. The highest BCUT2D eigenvalue weighted by Gasteiger charge is 2.28. The molecule has 3 aromatic rings. The minimum atomic E-state index is -0.650. The van der Waals surface area contributed by atoms with Crippen LogP contribution in [0, 0.1) is 6.92 Å². The molecule has 1 aromatic carbocycles. The van der Waals surface area contributed by atoms with Gasteiger partial charge in [0, 0.05) is 6.20 Å². The average molecular weight is 488 g/mol. The van der Waals surface area contributed by atoms with Gasteiger partial charge in [-0.15, -0.1) is 11.3 Å². The standard InChI is InChI=1S/C23H22ClN3O5S/c1-12(2)32-23(30)17-13(3)18(21(29)26-15-9-5-6-10-16(15)31-4)33-22(17)27-20(28)14-8-7-11-25-19(14)24/h5-12H,1-4H3,(H,26,29)(H,27,28). The van der Waals surface area contributed by atoms with Crippen molar-refractivity contribution in [3.63, 3.8) is 0 Å². The Morgan fingerprint density at radius 3 is 2.45 bits per heavy atom. The number of carbonyl (C=O) groups is 3. The van der Waals surface area contributed by atoms with Gasteiger partial charge in [0.1, 0.15) is 15.9 Å². The van der Waals surface area contributed by atoms with Crippen molar-refractivity contribution in [1.82, 2.24) is 4.98 Å². The normalized spacial score (nSPS) is 10.6. The number of hydrogen-bond donors (Lipinski definition) is 2. The second-order valence-corrected chi connectivity index (χ2v) is 8.54. The number of benzene rings is 1. The Labute approximate surface area is 199 Å². The lowest BCUT2D eigenvalue weighted by Gasteiger charge is -2.11. The summed E-state index contributed by atoms with van der Waals surface area (Å²) in [6.45, 7) is 5.04. The van der Waals surface area contributed by atoms with E-state index in [1.165, 1.54) is 19.4 Å². The van der Waals surface area contributed by atoms with Crippen molar-refractivity contribution in [3.05, 3.63) is 69.3 Å². The molecule has 33 heavy (non-hydrogen) atoms. The fourth-order valence-corrected chi connectivity index (χ4v) is 4.28. The van der Waals surface area contributed by atoms with E-state index in [2.05, 4.69) is 15.6 Å². The molecule has 2 heterocycles. The van der Waals surface area contributed by atoms with Crippen LogP contribution in [0.25, 0.3) is 0 Å². The molecule has 172 valence electrons. The summed E-state index contributed by atoms with van der Waals surface area (Å²) in [5, 5.41) is 5.65. The van der Waals surface area contributed by atoms with Crippen molar-refractivity contribution in [3.8, 4) is 5.75 Å². The molecule has 2 amide bonds. The predicted molar refractivity (Wildman–Crippen MR) is 128 cm³/mol. The third-order valence-electron chi connectivity index (χ3n) is 4.49. The predicted octanol–water partition coefficient (Wildman–Crippen LogP) is 5.18. The van der Waals surface area contributed by atoms with Crippen LogP contribution in [0.2, 0.25) is 5.15 Å². The highest BCUT2D eigenvalue weighted by atomic mass is 35.5. The first-order valence-electron chi connectivity index (χ1n) is 9.93. The van der Waals surface area contributed by atoms with E-state index >= 15 is 0 Å². The van der Waals surface area contributed by atoms with Gasteiger partial charge < -0.3 is 20.1 Å². The monoisotopic (exact) mass is 487 g/mol. The Morgan fingerprint density at radius 2 is 1.79 bits per heavy atom. The fourth-order valence-electron chi connectivity index (χ4n) is 2.99. The summed E-state index contributed by atoms with van der Waals surface area (Å²) in [7, 11) is 1.50. The van der Waals surface area contributed by atoms with Crippen molar-refractivity contribution in [2.24, 2.45) is 0 Å². The summed E-state index contributed by atoms with van der Waals surface area (Å²) in [5.74, 6) is -1.19. The van der Waals surface area contributed by atoms with Gasteiger partial charge in [-0.1, -0.05) is 23.7 Å². The molecule has 8 nitrogen and oxygen atoms in total. The maximum Gasteiger partial charge on any atom is 0.341 e. The Bertz CT molecular complexity index is 1210. The number of esters is 1. The molecule has 0 spiro atoms. The Kier molecular flexibility index (Phi) is 7.67. The number of hydrogen-bond acceptors (Lipinski definition) is 7. The lowest BCUT2D eigenvalue weighted by molar-refractivity contribution is 0.0379. The number of carbonyl (C=O) groups excluding carboxylic acids is 3. The summed E-state index contributed by atoms with van der Waals surface area (Å²) in [6.07, 6.45) is 1.07. The molecule has 3 rings (SSSR count). The van der Waals surface area contributed by atoms with Gasteiger partial charge >= 0.3 is 5.97 Å². The highest BCUT2D eigenvalue weighted by molar-refractivity contribution is 7.19. The van der Waals surface area contributed by atoms with E-state index < -0.39 is 17.8 Å². The molecule has 0 saturated heterocycles. The number of anilines is 2. The first-order chi connectivity index (χ1) is 15.7. The zero-order valence-electron chi connectivity index (χ0n) is 18.4. The highest BCUT2D eigenvalue weighted by Crippen LogP contribution is 2.35. The second kappa shape index (κ2) is 10.5. The number of amides is 2. The van der Waals surface area contributed by atoms with Gasteiger partial charge in [0.15, 0.2) is 0 Å². The van der Waals surface area contributed by atoms with Crippen LogP contribution in [-0.2, 0) is 4.74 Å². The zero-order valence-corrected chi connectivity index (χ0v) is 20.0. The molecule has 2 aromatic heterocycles. The van der Waals surface area contributed by atoms with Crippen LogP contribution in [0.3, 0.4) is 0 Å². The molecule has 0 unspecified atom stereocenters. The average Bonchev–Trinajstić information content (AvgIpc) is 3.09. The summed E-state index contributed by atoms with van der Waals surface area (Å²) in [4.78, 5) is 42.8. The molecule has 0 aliphatic heterocycles. The summed E-state index contributed by atoms with van der Waals surface area (Å²) in [5.41, 5.74) is 1.09. The molecule has 0 aliphatic carbocycles. The van der Waals surface area contributed by atoms with E-state index in [-0.39, 0.29) is 32.3 Å². The number of nitrogens with zero attached hydrogens (tertiary/aromatic N) is 1. The largest absolute Gasteiger partial charge is 0.495 e. The van der Waals surface area contributed by atoms with Crippen LogP contribution >= 0.6 is 22.9 Å². The third kappa shape index (κ3) is 5.50. The molecule has 0 bridgehead atoms. The lowest BCUT2D eigenvalue weighted by Crippen LogP contribution is -2.17. The van der Waals surface area contributed by atoms with Gasteiger partial charge in [0.05, 0.1) is 34.9 Å². The maximum atomic E-state index is 13.1. The van der Waals surface area contributed by atoms with Gasteiger partial charge in [0.2, 0.25) is 0 Å². The number of halogens is 1. The van der Waals surface area contributed by atoms with Crippen LogP contribution in [-0.4, -0.2) is 36.0 Å². The summed E-state index contributed by atoms with van der Waals surface area (Å²) >= 11 is 6.99. The number of nitrogens with one attached hydrogen (secondary N) is 2. The van der Waals surface area contributed by atoms with Gasteiger partial charge in [-0.25, -0.2) is 9.78 Å². The number of methoxy groups -OCH3 is 1. The van der Waals surface area contributed by atoms with E-state index in [0.29, 0.717) is 17.0 Å². The van der Waals surface area contributed by atoms with Gasteiger partial charge in [-0.05, 0) is 50.6 Å². The van der Waals surface area contributed by atoms with Crippen molar-refractivity contribution in [2.45, 2.75) is 26.9 Å². The first-order valence-corrected chi connectivity index (χ1v) is 11.1. The van der Waals surface area contributed by atoms with E-state index in [1.807, 2.05) is 0 Å². The number of pyridine rings is 1. The van der Waals surface area contributed by atoms with Crippen molar-refractivity contribution >= 4 is 51.4 Å². The van der Waals surface area contributed by atoms with Gasteiger partial charge in [-0.3, -0.25) is 9.59 Å². The molecular formula is C23H22ClN3O5S. The van der Waals surface area contributed by atoms with Crippen molar-refractivity contribution < 1.29 is 23.9 Å². The van der Waals surface area contributed by atoms with Crippen molar-refractivity contribution in [2.75, 3.05) is 17.7 Å². The number of aromatic nitrogens is 1. The SMILES string of the molecule is COc1ccccc1NC(=O)c1sc(NC(=O)c2cccnc2Cl)c(C(=O)OC(C)C)c1C. The Balaban J connectivity index is 1.99. The second-order valence-electron chi connectivity index (χ2n) is 7.16. The Morgan fingerprint density at radius 1 is 1.06 bits per heavy atom. The molecular weight excluding hydrogens is 466 g/mol. The number of para-hydroxylation sites is 2. The van der Waals surface area contributed by atoms with Gasteiger partial charge in [0.25, 0.3) is 11.8 Å². The molecule has 2 N–H and O–H groups in total. The van der Waals surface area contributed by atoms with E-state index in [4.69, 9.17) is 21.1 Å². The molecule has 0 saturated carbocycles. The minimum absolute atomic E-state index is 0.0173. The van der Waals surface area contributed by atoms with Crippen LogP contribution in [0.1, 0.15) is 49.8 Å². The van der Waals surface area contributed by atoms with Crippen molar-refractivity contribution in [1.29, 1.82) is 0 Å². The lowest BCUT2D eigenvalue weighted by atomic mass is 10.1. The third-order valence-corrected chi connectivity index (χ3v) is 5.99. The Hall–Kier alpha value is -3.43. The summed E-state index contributed by atoms with van der Waals surface area (Å²) in [6, 6.07) is 10.0. The van der Waals surface area contributed by atoms with E-state index in [9.17, 15) is 14.4 Å². The molecule has 0 radical (unpaired) electrons. The van der Waals surface area contributed by atoms with Crippen LogP contribution in [0.5, 0.6) is 5.75 Å². The molecule has 10 heteroatoms. The topological polar surface area (TPSA) is 107 Å². The van der Waals surface area contributed by atoms with Crippen LogP contribution in [0.4, 0.5) is 10.7 Å². The fraction of sp³-hybridized carbons (Fsp3) is 0.217. The number of thiophene rings is 1. The van der Waals surface area contributed by atoms with E-state index in [1.54, 1.807) is 51.1 Å². The smallest absolute Gasteiger partial charge is 0.341 e. The maximum absolute atomic E-state index is 13.1. The van der Waals surface area contributed by atoms with E-state index in [0.717, 1.165) is 11.3 Å². The number of rotatable bonds is 7.